The van der Waals surface area contributed by atoms with Gasteiger partial charge in [0.1, 0.15) is 0 Å². The first-order valence-electron chi connectivity index (χ1n) is 11.9. The maximum absolute atomic E-state index is 11.9. The fourth-order valence-corrected chi connectivity index (χ4v) is 4.42. The highest BCUT2D eigenvalue weighted by atomic mass is 127. The quantitative estimate of drug-likeness (QED) is 0.260. The number of carbonyl (C=O) groups is 1. The molecule has 2 heterocycles. The van der Waals surface area contributed by atoms with E-state index in [4.69, 9.17) is 14.5 Å². The number of aliphatic imine (C=N–C) groups is 1. The van der Waals surface area contributed by atoms with Crippen LogP contribution in [0, 0.1) is 5.92 Å². The third kappa shape index (κ3) is 9.29. The van der Waals surface area contributed by atoms with Gasteiger partial charge in [-0.25, -0.2) is 4.79 Å². The molecule has 2 saturated heterocycles. The monoisotopic (exact) mass is 553 g/mol. The highest BCUT2D eigenvalue weighted by Gasteiger charge is 2.27. The van der Waals surface area contributed by atoms with Crippen LogP contribution in [-0.4, -0.2) is 93.0 Å². The van der Waals surface area contributed by atoms with Gasteiger partial charge in [-0.2, -0.15) is 0 Å². The van der Waals surface area contributed by atoms with Gasteiger partial charge in [-0.05, 0) is 32.6 Å². The average molecular weight is 554 g/mol. The Morgan fingerprint density at radius 1 is 1.10 bits per heavy atom. The van der Waals surface area contributed by atoms with Crippen molar-refractivity contribution in [3.63, 3.8) is 0 Å². The molecule has 8 nitrogen and oxygen atoms in total. The summed E-state index contributed by atoms with van der Waals surface area (Å²) in [4.78, 5) is 21.3. The van der Waals surface area contributed by atoms with Gasteiger partial charge >= 0.3 is 6.09 Å². The van der Waals surface area contributed by atoms with Crippen LogP contribution in [0.1, 0.15) is 53.4 Å². The zero-order valence-electron chi connectivity index (χ0n) is 19.9. The molecular formula is C22H44IN5O3. The molecule has 31 heavy (non-hydrogen) atoms. The highest BCUT2D eigenvalue weighted by Crippen LogP contribution is 2.20. The first-order valence-corrected chi connectivity index (χ1v) is 11.9. The Balaban J connectivity index is 0.00000480. The molecule has 0 aliphatic carbocycles. The van der Waals surface area contributed by atoms with Crippen molar-refractivity contribution in [1.29, 1.82) is 0 Å². The van der Waals surface area contributed by atoms with Crippen LogP contribution in [0.25, 0.3) is 0 Å². The third-order valence-electron chi connectivity index (χ3n) is 6.25. The molecule has 0 aromatic carbocycles. The zero-order valence-corrected chi connectivity index (χ0v) is 22.2. The number of likely N-dealkylation sites (tertiary alicyclic amines) is 1. The third-order valence-corrected chi connectivity index (χ3v) is 6.25. The minimum atomic E-state index is -0.199. The van der Waals surface area contributed by atoms with Crippen LogP contribution < -0.4 is 10.6 Å². The van der Waals surface area contributed by atoms with Gasteiger partial charge in [-0.15, -0.1) is 24.0 Å². The molecule has 0 aromatic heterocycles. The zero-order chi connectivity index (χ0) is 21.8. The standard InChI is InChI=1S/C22H43N5O3.HI/c1-5-18(6-2)20(26-13-15-29-16-14-26)17-24-21(23-7-3)25-19-9-11-27(12-10-19)22(28)30-8-4;/h18-20H,5-17H2,1-4H3,(H2,23,24,25);1H. The Bertz CT molecular complexity index is 519. The highest BCUT2D eigenvalue weighted by molar-refractivity contribution is 14.0. The predicted octanol–water partition coefficient (Wildman–Crippen LogP) is 2.92. The molecule has 182 valence electrons. The fourth-order valence-electron chi connectivity index (χ4n) is 4.42. The Hall–Kier alpha value is -0.810. The number of nitrogens with one attached hydrogen (secondary N) is 2. The summed E-state index contributed by atoms with van der Waals surface area (Å²) in [6.07, 6.45) is 3.95. The number of piperidine rings is 1. The topological polar surface area (TPSA) is 78.4 Å². The Kier molecular flexibility index (Phi) is 14.5. The lowest BCUT2D eigenvalue weighted by molar-refractivity contribution is 0.00394. The van der Waals surface area contributed by atoms with E-state index in [-0.39, 0.29) is 30.1 Å². The van der Waals surface area contributed by atoms with E-state index in [0.29, 0.717) is 24.6 Å². The molecule has 0 saturated carbocycles. The number of hydrogen-bond acceptors (Lipinski definition) is 5. The van der Waals surface area contributed by atoms with Crippen LogP contribution in [0.15, 0.2) is 4.99 Å². The number of guanidine groups is 1. The summed E-state index contributed by atoms with van der Waals surface area (Å²) in [7, 11) is 0. The molecule has 1 amide bonds. The van der Waals surface area contributed by atoms with Crippen LogP contribution >= 0.6 is 24.0 Å². The van der Waals surface area contributed by atoms with Gasteiger partial charge in [0.2, 0.25) is 0 Å². The van der Waals surface area contributed by atoms with Crippen LogP contribution in [-0.2, 0) is 9.47 Å². The maximum Gasteiger partial charge on any atom is 0.409 e. The SMILES string of the molecule is CCNC(=NCC(C(CC)CC)N1CCOCC1)NC1CCN(C(=O)OCC)CC1.I. The minimum Gasteiger partial charge on any atom is -0.450 e. The number of morpholine rings is 1. The van der Waals surface area contributed by atoms with E-state index in [1.165, 1.54) is 12.8 Å². The van der Waals surface area contributed by atoms with E-state index in [0.717, 1.165) is 71.3 Å². The molecule has 0 spiro atoms. The Morgan fingerprint density at radius 3 is 2.29 bits per heavy atom. The number of ether oxygens (including phenoxy) is 2. The fraction of sp³-hybridized carbons (Fsp3) is 0.909. The summed E-state index contributed by atoms with van der Waals surface area (Å²) in [6.45, 7) is 15.6. The predicted molar refractivity (Wildman–Crippen MR) is 136 cm³/mol. The van der Waals surface area contributed by atoms with E-state index >= 15 is 0 Å². The molecule has 2 aliphatic heterocycles. The van der Waals surface area contributed by atoms with E-state index < -0.39 is 0 Å². The van der Waals surface area contributed by atoms with Crippen molar-refractivity contribution in [3.05, 3.63) is 0 Å². The van der Waals surface area contributed by atoms with Gasteiger partial charge in [0.05, 0.1) is 26.4 Å². The molecule has 0 aromatic rings. The molecule has 9 heteroatoms. The van der Waals surface area contributed by atoms with E-state index in [2.05, 4.69) is 36.3 Å². The number of nitrogens with zero attached hydrogens (tertiary/aromatic N) is 3. The van der Waals surface area contributed by atoms with Gasteiger partial charge in [0, 0.05) is 44.8 Å². The van der Waals surface area contributed by atoms with Crippen molar-refractivity contribution in [1.82, 2.24) is 20.4 Å². The van der Waals surface area contributed by atoms with Gasteiger partial charge in [-0.1, -0.05) is 26.7 Å². The Labute approximate surface area is 205 Å². The van der Waals surface area contributed by atoms with Crippen LogP contribution in [0.2, 0.25) is 0 Å². The van der Waals surface area contributed by atoms with Crippen LogP contribution in [0.5, 0.6) is 0 Å². The molecule has 2 fully saturated rings. The average Bonchev–Trinajstić information content (AvgIpc) is 2.78. The number of hydrogen-bond donors (Lipinski definition) is 2. The second-order valence-corrected chi connectivity index (χ2v) is 8.12. The lowest BCUT2D eigenvalue weighted by Crippen LogP contribution is -2.51. The summed E-state index contributed by atoms with van der Waals surface area (Å²) < 4.78 is 10.7. The van der Waals surface area contributed by atoms with Crippen molar-refractivity contribution in [2.45, 2.75) is 65.5 Å². The number of rotatable bonds is 9. The second-order valence-electron chi connectivity index (χ2n) is 8.12. The van der Waals surface area contributed by atoms with Crippen LogP contribution in [0.4, 0.5) is 4.79 Å². The Morgan fingerprint density at radius 2 is 1.74 bits per heavy atom. The summed E-state index contributed by atoms with van der Waals surface area (Å²) >= 11 is 0. The van der Waals surface area contributed by atoms with Crippen molar-refractivity contribution in [2.24, 2.45) is 10.9 Å². The van der Waals surface area contributed by atoms with Gasteiger partial charge in [-0.3, -0.25) is 9.89 Å². The summed E-state index contributed by atoms with van der Waals surface area (Å²) in [6, 6.07) is 0.772. The van der Waals surface area contributed by atoms with Gasteiger partial charge in [0.25, 0.3) is 0 Å². The smallest absolute Gasteiger partial charge is 0.409 e. The van der Waals surface area contributed by atoms with Gasteiger partial charge < -0.3 is 25.0 Å². The van der Waals surface area contributed by atoms with E-state index in [9.17, 15) is 4.79 Å². The van der Waals surface area contributed by atoms with Crippen molar-refractivity contribution < 1.29 is 14.3 Å². The van der Waals surface area contributed by atoms with E-state index in [1.54, 1.807) is 4.90 Å². The van der Waals surface area contributed by atoms with Crippen molar-refractivity contribution in [3.8, 4) is 0 Å². The minimum absolute atomic E-state index is 0. The molecule has 1 atom stereocenters. The lowest BCUT2D eigenvalue weighted by atomic mass is 9.92. The molecule has 2 aliphatic rings. The normalized spacial score (nSPS) is 19.6. The second kappa shape index (κ2) is 15.9. The first-order chi connectivity index (χ1) is 14.6. The largest absolute Gasteiger partial charge is 0.450 e. The van der Waals surface area contributed by atoms with Crippen molar-refractivity contribution >= 4 is 36.0 Å². The number of amides is 1. The summed E-state index contributed by atoms with van der Waals surface area (Å²) in [5.74, 6) is 1.53. The molecule has 2 N–H and O–H groups in total. The van der Waals surface area contributed by atoms with Crippen molar-refractivity contribution in [2.75, 3.05) is 59.1 Å². The number of halogens is 1. The molecule has 1 unspecified atom stereocenters. The summed E-state index contributed by atoms with van der Waals surface area (Å²) in [5, 5.41) is 7.01. The number of carbonyl (C=O) groups excluding carboxylic acids is 1. The molecule has 0 bridgehead atoms. The molecular weight excluding hydrogens is 509 g/mol. The van der Waals surface area contributed by atoms with Crippen LogP contribution in [0.3, 0.4) is 0 Å². The summed E-state index contributed by atoms with van der Waals surface area (Å²) in [5.41, 5.74) is 0. The lowest BCUT2D eigenvalue weighted by Gasteiger charge is -2.38. The first kappa shape index (κ1) is 28.2. The van der Waals surface area contributed by atoms with Gasteiger partial charge in [0.15, 0.2) is 5.96 Å². The maximum atomic E-state index is 11.9. The van der Waals surface area contributed by atoms with E-state index in [1.807, 2.05) is 6.92 Å². The molecule has 0 radical (unpaired) electrons. The molecule has 2 rings (SSSR count).